The second-order valence-electron chi connectivity index (χ2n) is 3.85. The number of nitrogens with zero attached hydrogens (tertiary/aromatic N) is 1. The molecule has 0 saturated carbocycles. The van der Waals surface area contributed by atoms with E-state index in [0.717, 1.165) is 5.56 Å². The van der Waals surface area contributed by atoms with Crippen LogP contribution in [0, 0.1) is 0 Å². The van der Waals surface area contributed by atoms with Gasteiger partial charge in [-0.3, -0.25) is 4.79 Å². The molecule has 1 atom stereocenters. The van der Waals surface area contributed by atoms with Gasteiger partial charge in [-0.05, 0) is 22.4 Å². The number of hydrogen-bond acceptors (Lipinski definition) is 4. The molecule has 6 heteroatoms. The number of morpholine rings is 1. The molecule has 1 amide bonds. The van der Waals surface area contributed by atoms with Gasteiger partial charge < -0.3 is 14.7 Å². The lowest BCUT2D eigenvalue weighted by Gasteiger charge is -2.30. The van der Waals surface area contributed by atoms with Crippen molar-refractivity contribution >= 4 is 23.2 Å². The van der Waals surface area contributed by atoms with Crippen LogP contribution in [-0.2, 0) is 20.7 Å². The maximum Gasteiger partial charge on any atom is 0.334 e. The van der Waals surface area contributed by atoms with Crippen LogP contribution < -0.4 is 0 Å². The molecule has 17 heavy (non-hydrogen) atoms. The van der Waals surface area contributed by atoms with E-state index in [9.17, 15) is 9.59 Å². The van der Waals surface area contributed by atoms with Crippen LogP contribution in [0.25, 0.3) is 0 Å². The van der Waals surface area contributed by atoms with E-state index in [1.165, 1.54) is 0 Å². The summed E-state index contributed by atoms with van der Waals surface area (Å²) in [6, 6.07) is 1.90. The predicted molar refractivity (Wildman–Crippen MR) is 62.0 cm³/mol. The Morgan fingerprint density at radius 2 is 2.41 bits per heavy atom. The van der Waals surface area contributed by atoms with Crippen molar-refractivity contribution in [3.8, 4) is 0 Å². The highest BCUT2D eigenvalue weighted by Crippen LogP contribution is 2.11. The molecule has 0 aromatic carbocycles. The molecule has 1 aromatic rings. The third-order valence-electron chi connectivity index (χ3n) is 2.63. The van der Waals surface area contributed by atoms with Gasteiger partial charge in [0, 0.05) is 6.54 Å². The molecule has 1 saturated heterocycles. The summed E-state index contributed by atoms with van der Waals surface area (Å²) in [5, 5.41) is 12.7. The molecule has 0 spiro atoms. The fraction of sp³-hybridized carbons (Fsp3) is 0.455. The number of thiophene rings is 1. The third-order valence-corrected chi connectivity index (χ3v) is 3.36. The first-order valence-electron chi connectivity index (χ1n) is 5.30. The van der Waals surface area contributed by atoms with Gasteiger partial charge in [0.2, 0.25) is 5.91 Å². The van der Waals surface area contributed by atoms with Crippen molar-refractivity contribution in [1.29, 1.82) is 0 Å². The average Bonchev–Trinajstić information content (AvgIpc) is 2.82. The molecule has 0 aliphatic carbocycles. The first kappa shape index (κ1) is 12.1. The number of hydrogen-bond donors (Lipinski definition) is 1. The number of rotatable bonds is 3. The van der Waals surface area contributed by atoms with Gasteiger partial charge in [-0.1, -0.05) is 0 Å². The fourth-order valence-electron chi connectivity index (χ4n) is 1.70. The molecule has 1 N–H and O–H groups in total. The Labute approximate surface area is 103 Å². The largest absolute Gasteiger partial charge is 0.479 e. The lowest BCUT2D eigenvalue weighted by atomic mass is 10.2. The molecular formula is C11H13NO4S. The zero-order valence-corrected chi connectivity index (χ0v) is 9.98. The first-order valence-corrected chi connectivity index (χ1v) is 6.24. The van der Waals surface area contributed by atoms with E-state index in [2.05, 4.69) is 0 Å². The zero-order valence-electron chi connectivity index (χ0n) is 9.17. The molecule has 5 nitrogen and oxygen atoms in total. The van der Waals surface area contributed by atoms with Crippen molar-refractivity contribution in [2.75, 3.05) is 19.7 Å². The highest BCUT2D eigenvalue weighted by Gasteiger charge is 2.28. The Hall–Kier alpha value is -1.40. The lowest BCUT2D eigenvalue weighted by Crippen LogP contribution is -2.49. The molecular weight excluding hydrogens is 242 g/mol. The molecule has 2 heterocycles. The summed E-state index contributed by atoms with van der Waals surface area (Å²) in [4.78, 5) is 24.2. The van der Waals surface area contributed by atoms with Crippen LogP contribution in [0.3, 0.4) is 0 Å². The molecule has 1 aliphatic rings. The summed E-state index contributed by atoms with van der Waals surface area (Å²) in [7, 11) is 0. The number of carbonyl (C=O) groups is 2. The minimum Gasteiger partial charge on any atom is -0.479 e. The SMILES string of the molecule is O=C(O)C1CN(C(=O)Cc2ccsc2)CCO1. The van der Waals surface area contributed by atoms with Crippen LogP contribution >= 0.6 is 11.3 Å². The lowest BCUT2D eigenvalue weighted by molar-refractivity contribution is -0.159. The van der Waals surface area contributed by atoms with Crippen molar-refractivity contribution in [1.82, 2.24) is 4.90 Å². The van der Waals surface area contributed by atoms with Crippen molar-refractivity contribution in [3.05, 3.63) is 22.4 Å². The van der Waals surface area contributed by atoms with E-state index < -0.39 is 12.1 Å². The predicted octanol–water partition coefficient (Wildman–Crippen LogP) is 0.603. The average molecular weight is 255 g/mol. The number of carbonyl (C=O) groups excluding carboxylic acids is 1. The Balaban J connectivity index is 1.93. The summed E-state index contributed by atoms with van der Waals surface area (Å²) in [6.07, 6.45) is -0.564. The van der Waals surface area contributed by atoms with E-state index in [0.29, 0.717) is 13.0 Å². The standard InChI is InChI=1S/C11H13NO4S/c13-10(5-8-1-4-17-7-8)12-2-3-16-9(6-12)11(14)15/h1,4,7,9H,2-3,5-6H2,(H,14,15). The Morgan fingerprint density at radius 1 is 1.59 bits per heavy atom. The molecule has 1 fully saturated rings. The van der Waals surface area contributed by atoms with E-state index in [-0.39, 0.29) is 19.1 Å². The smallest absolute Gasteiger partial charge is 0.334 e. The van der Waals surface area contributed by atoms with Crippen molar-refractivity contribution in [2.45, 2.75) is 12.5 Å². The van der Waals surface area contributed by atoms with Crippen LogP contribution in [0.2, 0.25) is 0 Å². The molecule has 2 rings (SSSR count). The maximum atomic E-state index is 11.9. The molecule has 1 aromatic heterocycles. The van der Waals surface area contributed by atoms with Gasteiger partial charge >= 0.3 is 5.97 Å². The van der Waals surface area contributed by atoms with Crippen LogP contribution in [0.15, 0.2) is 16.8 Å². The molecule has 0 bridgehead atoms. The van der Waals surface area contributed by atoms with E-state index in [1.54, 1.807) is 16.2 Å². The highest BCUT2D eigenvalue weighted by atomic mass is 32.1. The summed E-state index contributed by atoms with van der Waals surface area (Å²) >= 11 is 1.54. The first-order chi connectivity index (χ1) is 8.16. The summed E-state index contributed by atoms with van der Waals surface area (Å²) in [5.41, 5.74) is 0.971. The third kappa shape index (κ3) is 3.04. The molecule has 1 unspecified atom stereocenters. The fourth-order valence-corrected chi connectivity index (χ4v) is 2.37. The Morgan fingerprint density at radius 3 is 3.06 bits per heavy atom. The molecule has 1 aliphatic heterocycles. The monoisotopic (exact) mass is 255 g/mol. The minimum atomic E-state index is -1.02. The van der Waals surface area contributed by atoms with Gasteiger partial charge in [-0.15, -0.1) is 0 Å². The van der Waals surface area contributed by atoms with Gasteiger partial charge in [0.05, 0.1) is 19.6 Å². The topological polar surface area (TPSA) is 66.8 Å². The van der Waals surface area contributed by atoms with Gasteiger partial charge in [-0.2, -0.15) is 11.3 Å². The number of carboxylic acid groups (broad SMARTS) is 1. The highest BCUT2D eigenvalue weighted by molar-refractivity contribution is 7.07. The molecule has 0 radical (unpaired) electrons. The summed E-state index contributed by atoms with van der Waals surface area (Å²) in [6.45, 7) is 0.886. The Kier molecular flexibility index (Phi) is 3.75. The van der Waals surface area contributed by atoms with Crippen LogP contribution in [0.1, 0.15) is 5.56 Å². The maximum absolute atomic E-state index is 11.9. The van der Waals surface area contributed by atoms with Gasteiger partial charge in [0.1, 0.15) is 0 Å². The van der Waals surface area contributed by atoms with E-state index in [1.807, 2.05) is 16.8 Å². The van der Waals surface area contributed by atoms with E-state index >= 15 is 0 Å². The van der Waals surface area contributed by atoms with Crippen LogP contribution in [0.4, 0.5) is 0 Å². The zero-order chi connectivity index (χ0) is 12.3. The number of carboxylic acids is 1. The van der Waals surface area contributed by atoms with Crippen molar-refractivity contribution in [2.24, 2.45) is 0 Å². The van der Waals surface area contributed by atoms with Crippen LogP contribution in [-0.4, -0.2) is 47.7 Å². The van der Waals surface area contributed by atoms with E-state index in [4.69, 9.17) is 9.84 Å². The number of ether oxygens (including phenoxy) is 1. The quantitative estimate of drug-likeness (QED) is 0.859. The Bertz CT molecular complexity index is 404. The minimum absolute atomic E-state index is 0.0436. The van der Waals surface area contributed by atoms with Gasteiger partial charge in [-0.25, -0.2) is 4.79 Å². The number of aliphatic carboxylic acids is 1. The summed E-state index contributed by atoms with van der Waals surface area (Å²) in [5.74, 6) is -1.06. The molecule has 92 valence electrons. The second-order valence-corrected chi connectivity index (χ2v) is 4.63. The summed E-state index contributed by atoms with van der Waals surface area (Å²) < 4.78 is 5.06. The van der Waals surface area contributed by atoms with Gasteiger partial charge in [0.25, 0.3) is 0 Å². The van der Waals surface area contributed by atoms with Crippen molar-refractivity contribution in [3.63, 3.8) is 0 Å². The second kappa shape index (κ2) is 5.29. The number of amides is 1. The van der Waals surface area contributed by atoms with Gasteiger partial charge in [0.15, 0.2) is 6.10 Å². The van der Waals surface area contributed by atoms with Crippen LogP contribution in [0.5, 0.6) is 0 Å². The van der Waals surface area contributed by atoms with Crippen molar-refractivity contribution < 1.29 is 19.4 Å². The normalized spacial score (nSPS) is 20.2.